The molecular weight excluding hydrogens is 436 g/mol. The molecule has 0 radical (unpaired) electrons. The number of methoxy groups -OCH3 is 1. The number of piperazine rings is 1. The maximum absolute atomic E-state index is 12.3. The Morgan fingerprint density at radius 1 is 1.00 bits per heavy atom. The van der Waals surface area contributed by atoms with Crippen LogP contribution in [0.5, 0.6) is 11.5 Å². The topological polar surface area (TPSA) is 80.7 Å². The Kier molecular flexibility index (Phi) is 10.5. The number of carbonyl (C=O) groups is 1. The van der Waals surface area contributed by atoms with Crippen LogP contribution in [-0.4, -0.2) is 88.3 Å². The summed E-state index contributed by atoms with van der Waals surface area (Å²) in [5.74, 6) is 1.07. The Bertz CT molecular complexity index is 868. The number of β-amino-alcohol motifs (C(OH)–C–C–N with tert-alkyl or cyclic N) is 1. The molecule has 1 aliphatic rings. The molecule has 0 aromatic heterocycles. The molecule has 8 nitrogen and oxygen atoms in total. The van der Waals surface area contributed by atoms with Gasteiger partial charge < -0.3 is 29.0 Å². The second kappa shape index (κ2) is 13.8. The van der Waals surface area contributed by atoms with Crippen molar-refractivity contribution < 1.29 is 28.8 Å². The molecule has 0 spiro atoms. The maximum atomic E-state index is 12.3. The first-order chi connectivity index (χ1) is 16.6. The van der Waals surface area contributed by atoms with E-state index in [4.69, 9.17) is 18.9 Å². The van der Waals surface area contributed by atoms with Crippen LogP contribution in [0.4, 0.5) is 5.69 Å². The van der Waals surface area contributed by atoms with Gasteiger partial charge in [-0.15, -0.1) is 0 Å². The third kappa shape index (κ3) is 7.90. The lowest BCUT2D eigenvalue weighted by Gasteiger charge is -2.37. The van der Waals surface area contributed by atoms with Crippen molar-refractivity contribution >= 4 is 11.7 Å². The number of hydrogen-bond donors (Lipinski definition) is 1. The normalized spacial score (nSPS) is 15.1. The first-order valence-electron chi connectivity index (χ1n) is 11.9. The fourth-order valence-corrected chi connectivity index (χ4v) is 3.82. The lowest BCUT2D eigenvalue weighted by Crippen LogP contribution is -2.49. The van der Waals surface area contributed by atoms with Crippen molar-refractivity contribution in [2.45, 2.75) is 19.4 Å². The van der Waals surface area contributed by atoms with E-state index in [-0.39, 0.29) is 6.61 Å². The van der Waals surface area contributed by atoms with Gasteiger partial charge in [-0.1, -0.05) is 19.1 Å². The monoisotopic (exact) mass is 472 g/mol. The number of benzene rings is 2. The van der Waals surface area contributed by atoms with E-state index in [9.17, 15) is 9.90 Å². The molecule has 0 bridgehead atoms. The lowest BCUT2D eigenvalue weighted by atomic mass is 10.2. The van der Waals surface area contributed by atoms with Crippen LogP contribution in [0.3, 0.4) is 0 Å². The largest absolute Gasteiger partial charge is 0.495 e. The zero-order chi connectivity index (χ0) is 24.2. The Hall–Kier alpha value is -2.81. The zero-order valence-electron chi connectivity index (χ0n) is 20.2. The molecule has 1 unspecified atom stereocenters. The summed E-state index contributed by atoms with van der Waals surface area (Å²) in [6, 6.07) is 14.8. The predicted octanol–water partition coefficient (Wildman–Crippen LogP) is 2.84. The van der Waals surface area contributed by atoms with E-state index in [0.29, 0.717) is 31.1 Å². The van der Waals surface area contributed by atoms with Crippen LogP contribution in [0.1, 0.15) is 23.7 Å². The minimum absolute atomic E-state index is 0.0431. The highest BCUT2D eigenvalue weighted by molar-refractivity contribution is 5.89. The summed E-state index contributed by atoms with van der Waals surface area (Å²) < 4.78 is 21.7. The minimum Gasteiger partial charge on any atom is -0.495 e. The lowest BCUT2D eigenvalue weighted by molar-refractivity contribution is 0.0152. The van der Waals surface area contributed by atoms with E-state index in [1.165, 1.54) is 0 Å². The van der Waals surface area contributed by atoms with Gasteiger partial charge in [-0.25, -0.2) is 4.79 Å². The van der Waals surface area contributed by atoms with Gasteiger partial charge in [-0.2, -0.15) is 0 Å². The van der Waals surface area contributed by atoms with E-state index < -0.39 is 12.1 Å². The molecule has 186 valence electrons. The number of esters is 1. The summed E-state index contributed by atoms with van der Waals surface area (Å²) >= 11 is 0. The summed E-state index contributed by atoms with van der Waals surface area (Å²) in [7, 11) is 1.68. The van der Waals surface area contributed by atoms with Crippen LogP contribution >= 0.6 is 0 Å². The van der Waals surface area contributed by atoms with E-state index in [0.717, 1.165) is 50.6 Å². The van der Waals surface area contributed by atoms with Crippen molar-refractivity contribution in [2.24, 2.45) is 0 Å². The van der Waals surface area contributed by atoms with Crippen LogP contribution < -0.4 is 14.4 Å². The number of aliphatic hydroxyl groups is 1. The molecule has 1 fully saturated rings. The van der Waals surface area contributed by atoms with Crippen molar-refractivity contribution in [3.05, 3.63) is 54.1 Å². The van der Waals surface area contributed by atoms with Gasteiger partial charge in [0.15, 0.2) is 0 Å². The number of aliphatic hydroxyl groups excluding tert-OH is 1. The number of rotatable bonds is 13. The molecule has 2 aromatic rings. The van der Waals surface area contributed by atoms with Gasteiger partial charge >= 0.3 is 5.97 Å². The highest BCUT2D eigenvalue weighted by Crippen LogP contribution is 2.28. The summed E-state index contributed by atoms with van der Waals surface area (Å²) in [6.07, 6.45) is 0.235. The summed E-state index contributed by atoms with van der Waals surface area (Å²) in [6.45, 7) is 7.49. The summed E-state index contributed by atoms with van der Waals surface area (Å²) in [5, 5.41) is 10.4. The zero-order valence-corrected chi connectivity index (χ0v) is 20.2. The van der Waals surface area contributed by atoms with E-state index in [1.807, 2.05) is 18.2 Å². The fraction of sp³-hybridized carbons (Fsp3) is 0.500. The van der Waals surface area contributed by atoms with Gasteiger partial charge in [0.05, 0.1) is 25.0 Å². The van der Waals surface area contributed by atoms with Crippen molar-refractivity contribution in [1.82, 2.24) is 4.90 Å². The van der Waals surface area contributed by atoms with E-state index >= 15 is 0 Å². The minimum atomic E-state index is -0.743. The van der Waals surface area contributed by atoms with Crippen LogP contribution in [0.2, 0.25) is 0 Å². The second-order valence-electron chi connectivity index (χ2n) is 8.20. The van der Waals surface area contributed by atoms with Gasteiger partial charge in [0.2, 0.25) is 0 Å². The molecule has 0 aliphatic carbocycles. The molecule has 1 N–H and O–H groups in total. The van der Waals surface area contributed by atoms with Gasteiger partial charge in [-0.05, 0) is 42.8 Å². The molecule has 8 heteroatoms. The Labute approximate surface area is 202 Å². The highest BCUT2D eigenvalue weighted by atomic mass is 16.5. The molecule has 1 atom stereocenters. The molecule has 0 amide bonds. The first kappa shape index (κ1) is 25.8. The van der Waals surface area contributed by atoms with Crippen LogP contribution in [0.15, 0.2) is 48.5 Å². The van der Waals surface area contributed by atoms with E-state index in [2.05, 4.69) is 22.8 Å². The fourth-order valence-electron chi connectivity index (χ4n) is 3.82. The van der Waals surface area contributed by atoms with Crippen molar-refractivity contribution in [3.63, 3.8) is 0 Å². The molecule has 1 saturated heterocycles. The van der Waals surface area contributed by atoms with E-state index in [1.54, 1.807) is 31.4 Å². The van der Waals surface area contributed by atoms with Gasteiger partial charge in [0, 0.05) is 39.3 Å². The number of ether oxygens (including phenoxy) is 4. The van der Waals surface area contributed by atoms with Gasteiger partial charge in [-0.3, -0.25) is 4.90 Å². The SMILES string of the molecule is CCCOCCOc1ccc(C(=O)OCC(O)CN2CCN(c3ccccc3OC)CC2)cc1. The average Bonchev–Trinajstić information content (AvgIpc) is 2.88. The molecule has 0 saturated carbocycles. The third-order valence-electron chi connectivity index (χ3n) is 5.61. The van der Waals surface area contributed by atoms with Gasteiger partial charge in [0.1, 0.15) is 30.8 Å². The number of carbonyl (C=O) groups excluding carboxylic acids is 1. The number of anilines is 1. The first-order valence-corrected chi connectivity index (χ1v) is 11.9. The molecule has 2 aromatic carbocycles. The maximum Gasteiger partial charge on any atom is 0.338 e. The smallest absolute Gasteiger partial charge is 0.338 e. The average molecular weight is 473 g/mol. The predicted molar refractivity (Wildman–Crippen MR) is 131 cm³/mol. The van der Waals surface area contributed by atoms with Crippen LogP contribution in [0, 0.1) is 0 Å². The third-order valence-corrected chi connectivity index (χ3v) is 5.61. The molecule has 3 rings (SSSR count). The molecule has 34 heavy (non-hydrogen) atoms. The molecule has 1 heterocycles. The highest BCUT2D eigenvalue weighted by Gasteiger charge is 2.22. The molecule has 1 aliphatic heterocycles. The van der Waals surface area contributed by atoms with Crippen LogP contribution in [0.25, 0.3) is 0 Å². The number of nitrogens with zero attached hydrogens (tertiary/aromatic N) is 2. The Morgan fingerprint density at radius 3 is 2.44 bits per heavy atom. The van der Waals surface area contributed by atoms with Gasteiger partial charge in [0.25, 0.3) is 0 Å². The molecular formula is C26H36N2O6. The van der Waals surface area contributed by atoms with Crippen molar-refractivity contribution in [3.8, 4) is 11.5 Å². The second-order valence-corrected chi connectivity index (χ2v) is 8.20. The standard InChI is InChI=1S/C26H36N2O6/c1-3-16-32-17-18-33-23-10-8-21(9-11-23)26(30)34-20-22(29)19-27-12-14-28(15-13-27)24-6-4-5-7-25(24)31-2/h4-11,22,29H,3,12-20H2,1-2H3. The number of para-hydroxylation sites is 2. The summed E-state index contributed by atoms with van der Waals surface area (Å²) in [5.41, 5.74) is 1.51. The number of hydrogen-bond acceptors (Lipinski definition) is 8. The quantitative estimate of drug-likeness (QED) is 0.352. The Morgan fingerprint density at radius 2 is 1.74 bits per heavy atom. The van der Waals surface area contributed by atoms with Crippen LogP contribution in [-0.2, 0) is 9.47 Å². The Balaban J connectivity index is 1.35. The van der Waals surface area contributed by atoms with Crippen molar-refractivity contribution in [1.29, 1.82) is 0 Å². The summed E-state index contributed by atoms with van der Waals surface area (Å²) in [4.78, 5) is 16.8. The van der Waals surface area contributed by atoms with Crippen molar-refractivity contribution in [2.75, 3.05) is 71.2 Å².